The van der Waals surface area contributed by atoms with Gasteiger partial charge in [-0.2, -0.15) is 4.57 Å². The number of hydrogen-bond acceptors (Lipinski definition) is 5. The van der Waals surface area contributed by atoms with E-state index in [4.69, 9.17) is 0 Å². The van der Waals surface area contributed by atoms with Crippen LogP contribution >= 0.6 is 0 Å². The molecule has 0 aliphatic heterocycles. The van der Waals surface area contributed by atoms with Crippen LogP contribution in [0.1, 0.15) is 54.5 Å². The van der Waals surface area contributed by atoms with Crippen LogP contribution < -0.4 is 9.47 Å². The summed E-state index contributed by atoms with van der Waals surface area (Å²) in [5.41, 5.74) is 8.68. The standard InChI is InChI=1S/C26H28N3.C23H16O6/c1-19-17-21(20(2)29(19)24-9-7-6-8-10-24)11-13-23-14-12-22-18-25(27(3)4)15-16-26(22)28(23)5;24-20-16(14-7-3-1-5-12(14)9-18(20)22(26)27)11-17-15-8-4-2-6-13(15)10-19(21(17)25)23(28)29/h6-18H,1-5H3;1-10,24-25H,11H2,(H,26,27)(H,28,29)/q+1;. The molecule has 58 heavy (non-hydrogen) atoms. The second-order valence-electron chi connectivity index (χ2n) is 14.5. The molecule has 8 aromatic rings. The summed E-state index contributed by atoms with van der Waals surface area (Å²) in [6.07, 6.45) is 4.38. The van der Waals surface area contributed by atoms with Crippen LogP contribution in [-0.4, -0.2) is 51.0 Å². The van der Waals surface area contributed by atoms with Crippen molar-refractivity contribution in [1.82, 2.24) is 4.57 Å². The van der Waals surface area contributed by atoms with Crippen LogP contribution in [-0.2, 0) is 13.5 Å². The lowest BCUT2D eigenvalue weighted by Crippen LogP contribution is -2.32. The maximum atomic E-state index is 11.6. The molecule has 290 valence electrons. The average molecular weight is 771 g/mol. The van der Waals surface area contributed by atoms with Crippen molar-refractivity contribution < 1.29 is 34.6 Å². The topological polar surface area (TPSA) is 127 Å². The zero-order valence-electron chi connectivity index (χ0n) is 32.9. The first-order chi connectivity index (χ1) is 27.8. The number of carboxylic acids is 2. The van der Waals surface area contributed by atoms with E-state index in [1.54, 1.807) is 48.5 Å². The van der Waals surface area contributed by atoms with Gasteiger partial charge in [0.1, 0.15) is 29.7 Å². The van der Waals surface area contributed by atoms with Crippen LogP contribution in [0.15, 0.2) is 127 Å². The lowest BCUT2D eigenvalue weighted by Gasteiger charge is -2.16. The van der Waals surface area contributed by atoms with Crippen LogP contribution in [0.3, 0.4) is 0 Å². The predicted molar refractivity (Wildman–Crippen MR) is 232 cm³/mol. The summed E-state index contributed by atoms with van der Waals surface area (Å²) in [5, 5.41) is 44.0. The van der Waals surface area contributed by atoms with E-state index in [9.17, 15) is 30.0 Å². The van der Waals surface area contributed by atoms with E-state index in [-0.39, 0.29) is 17.5 Å². The molecule has 0 spiro atoms. The van der Waals surface area contributed by atoms with Crippen LogP contribution in [0.5, 0.6) is 11.5 Å². The van der Waals surface area contributed by atoms with Crippen LogP contribution in [0.4, 0.5) is 5.69 Å². The van der Waals surface area contributed by atoms with E-state index in [1.165, 1.54) is 57.1 Å². The monoisotopic (exact) mass is 770 g/mol. The number of para-hydroxylation sites is 1. The molecule has 9 heteroatoms. The number of carboxylic acid groups (broad SMARTS) is 2. The number of aryl methyl sites for hydroxylation is 2. The molecule has 0 amide bonds. The number of rotatable bonds is 8. The molecule has 2 aromatic heterocycles. The third-order valence-electron chi connectivity index (χ3n) is 10.7. The Balaban J connectivity index is 0.000000177. The third-order valence-corrected chi connectivity index (χ3v) is 10.7. The fourth-order valence-electron chi connectivity index (χ4n) is 7.64. The molecular formula is C49H44N3O6+. The molecule has 2 heterocycles. The SMILES string of the molecule is Cc1cc(/C=C/c2ccc3cc(N(C)C)ccc3[n+]2C)c(C)n1-c1ccccc1.O=C(O)c1cc2ccccc2c(Cc2c(O)c(C(=O)O)cc3ccccc23)c1O. The highest BCUT2D eigenvalue weighted by molar-refractivity contribution is 6.02. The number of aromatic nitrogens is 2. The quantitative estimate of drug-likeness (QED) is 0.113. The highest BCUT2D eigenvalue weighted by Crippen LogP contribution is 2.39. The highest BCUT2D eigenvalue weighted by atomic mass is 16.4. The normalized spacial score (nSPS) is 11.3. The van der Waals surface area contributed by atoms with Crippen molar-refractivity contribution in [3.05, 3.63) is 172 Å². The number of hydrogen-bond donors (Lipinski definition) is 4. The number of benzene rings is 6. The van der Waals surface area contributed by atoms with Crippen molar-refractivity contribution in [3.8, 4) is 17.2 Å². The second-order valence-corrected chi connectivity index (χ2v) is 14.5. The third kappa shape index (κ3) is 7.45. The summed E-state index contributed by atoms with van der Waals surface area (Å²) >= 11 is 0. The lowest BCUT2D eigenvalue weighted by molar-refractivity contribution is -0.646. The number of pyridine rings is 1. The number of aromatic hydroxyl groups is 2. The van der Waals surface area contributed by atoms with Gasteiger partial charge in [0.05, 0.1) is 0 Å². The first-order valence-corrected chi connectivity index (χ1v) is 18.8. The highest BCUT2D eigenvalue weighted by Gasteiger charge is 2.23. The average Bonchev–Trinajstić information content (AvgIpc) is 3.50. The largest absolute Gasteiger partial charge is 0.507 e. The molecule has 0 radical (unpaired) electrons. The maximum absolute atomic E-state index is 11.6. The summed E-state index contributed by atoms with van der Waals surface area (Å²) in [7, 11) is 6.28. The van der Waals surface area contributed by atoms with Crippen LogP contribution in [0.25, 0.3) is 50.3 Å². The fourth-order valence-corrected chi connectivity index (χ4v) is 7.64. The van der Waals surface area contributed by atoms with Gasteiger partial charge < -0.3 is 29.9 Å². The minimum absolute atomic E-state index is 0.0407. The van der Waals surface area contributed by atoms with Crippen LogP contribution in [0, 0.1) is 13.8 Å². The Morgan fingerprint density at radius 1 is 0.655 bits per heavy atom. The summed E-state index contributed by atoms with van der Waals surface area (Å²) in [6, 6.07) is 40.5. The molecule has 0 aliphatic carbocycles. The van der Waals surface area contributed by atoms with Crippen LogP contribution in [0.2, 0.25) is 0 Å². The van der Waals surface area contributed by atoms with E-state index in [0.717, 1.165) is 0 Å². The number of anilines is 1. The van der Waals surface area contributed by atoms with Crippen molar-refractivity contribution in [2.75, 3.05) is 19.0 Å². The molecule has 0 atom stereocenters. The fraction of sp³-hybridized carbons (Fsp3) is 0.122. The molecule has 4 N–H and O–H groups in total. The van der Waals surface area contributed by atoms with Crippen molar-refractivity contribution in [2.45, 2.75) is 20.3 Å². The summed E-state index contributed by atoms with van der Waals surface area (Å²) in [5.74, 6) is -3.36. The number of carbonyl (C=O) groups is 2. The Labute approximate surface area is 336 Å². The minimum atomic E-state index is -1.28. The summed E-state index contributed by atoms with van der Waals surface area (Å²) in [6.45, 7) is 4.35. The smallest absolute Gasteiger partial charge is 0.339 e. The second kappa shape index (κ2) is 16.0. The van der Waals surface area contributed by atoms with E-state index >= 15 is 0 Å². The molecule has 0 unspecified atom stereocenters. The van der Waals surface area contributed by atoms with Gasteiger partial charge in [-0.15, -0.1) is 0 Å². The van der Waals surface area contributed by atoms with Crippen molar-refractivity contribution in [3.63, 3.8) is 0 Å². The van der Waals surface area contributed by atoms with Gasteiger partial charge >= 0.3 is 11.9 Å². The zero-order chi connectivity index (χ0) is 41.2. The lowest BCUT2D eigenvalue weighted by atomic mass is 9.90. The maximum Gasteiger partial charge on any atom is 0.339 e. The predicted octanol–water partition coefficient (Wildman–Crippen LogP) is 9.70. The Kier molecular flexibility index (Phi) is 10.7. The number of phenols is 2. The number of nitrogens with zero attached hydrogens (tertiary/aromatic N) is 3. The number of fused-ring (bicyclic) bond motifs is 3. The number of aromatic carboxylic acids is 2. The molecule has 0 aliphatic rings. The first-order valence-electron chi connectivity index (χ1n) is 18.8. The van der Waals surface area contributed by atoms with E-state index in [1.807, 2.05) is 0 Å². The first kappa shape index (κ1) is 38.9. The van der Waals surface area contributed by atoms with Crippen molar-refractivity contribution in [2.24, 2.45) is 7.05 Å². The Bertz CT molecular complexity index is 2810. The van der Waals surface area contributed by atoms with Gasteiger partial charge in [0, 0.05) is 78.0 Å². The summed E-state index contributed by atoms with van der Waals surface area (Å²) < 4.78 is 4.56. The molecule has 0 saturated carbocycles. The van der Waals surface area contributed by atoms with Gasteiger partial charge in [0.2, 0.25) is 11.2 Å². The van der Waals surface area contributed by atoms with E-state index in [2.05, 4.69) is 128 Å². The van der Waals surface area contributed by atoms with Gasteiger partial charge in [0.25, 0.3) is 0 Å². The van der Waals surface area contributed by atoms with E-state index < -0.39 is 23.4 Å². The zero-order valence-corrected chi connectivity index (χ0v) is 32.9. The molecule has 6 aromatic carbocycles. The Morgan fingerprint density at radius 2 is 1.21 bits per heavy atom. The van der Waals surface area contributed by atoms with Crippen molar-refractivity contribution >= 4 is 62.2 Å². The molecule has 0 saturated heterocycles. The van der Waals surface area contributed by atoms with Gasteiger partial charge in [-0.3, -0.25) is 0 Å². The Morgan fingerprint density at radius 3 is 1.76 bits per heavy atom. The van der Waals surface area contributed by atoms with Gasteiger partial charge in [-0.1, -0.05) is 66.7 Å². The van der Waals surface area contributed by atoms with Gasteiger partial charge in [-0.05, 0) is 95.6 Å². The molecule has 0 fully saturated rings. The molecule has 9 nitrogen and oxygen atoms in total. The van der Waals surface area contributed by atoms with Crippen molar-refractivity contribution in [1.29, 1.82) is 0 Å². The minimum Gasteiger partial charge on any atom is -0.507 e. The molecule has 0 bridgehead atoms. The van der Waals surface area contributed by atoms with E-state index in [0.29, 0.717) is 32.7 Å². The Hall–Kier alpha value is -7.39. The summed E-state index contributed by atoms with van der Waals surface area (Å²) in [4.78, 5) is 25.3. The molecule has 8 rings (SSSR count). The molecular weight excluding hydrogens is 727 g/mol. The van der Waals surface area contributed by atoms with Gasteiger partial charge in [-0.25, -0.2) is 9.59 Å². The van der Waals surface area contributed by atoms with Gasteiger partial charge in [0.15, 0.2) is 0 Å².